The number of hydrogen-bond acceptors (Lipinski definition) is 0. The van der Waals surface area contributed by atoms with Crippen LogP contribution in [-0.4, -0.2) is 0 Å². The molecule has 0 N–H and O–H groups in total. The van der Waals surface area contributed by atoms with E-state index in [9.17, 15) is 26.3 Å². The van der Waals surface area contributed by atoms with Crippen molar-refractivity contribution in [3.8, 4) is 0 Å². The lowest BCUT2D eigenvalue weighted by molar-refractivity contribution is -0.138. The highest BCUT2D eigenvalue weighted by atomic mass is 35.5. The number of hydrogen-bond donors (Lipinski definition) is 0. The highest BCUT2D eigenvalue weighted by Crippen LogP contribution is 2.40. The first-order chi connectivity index (χ1) is 9.71. The van der Waals surface area contributed by atoms with Crippen molar-refractivity contribution in [1.29, 1.82) is 0 Å². The Kier molecular flexibility index (Phi) is 4.18. The topological polar surface area (TPSA) is 0 Å². The summed E-state index contributed by atoms with van der Waals surface area (Å²) >= 11 is 5.80. The Bertz CT molecular complexity index is 642. The summed E-state index contributed by atoms with van der Waals surface area (Å²) in [6.07, 6.45) is -4.73. The summed E-state index contributed by atoms with van der Waals surface area (Å²) in [6, 6.07) is 4.90. The van der Waals surface area contributed by atoms with E-state index >= 15 is 0 Å². The van der Waals surface area contributed by atoms with Crippen molar-refractivity contribution in [2.75, 3.05) is 0 Å². The van der Waals surface area contributed by atoms with Gasteiger partial charge in [-0.05, 0) is 11.6 Å². The van der Waals surface area contributed by atoms with Crippen molar-refractivity contribution in [3.05, 3.63) is 70.5 Å². The molecule has 0 amide bonds. The third-order valence-corrected chi connectivity index (χ3v) is 3.29. The monoisotopic (exact) mass is 324 g/mol. The number of alkyl halides is 4. The summed E-state index contributed by atoms with van der Waals surface area (Å²) in [5, 5.41) is -1.73. The maximum absolute atomic E-state index is 13.6. The summed E-state index contributed by atoms with van der Waals surface area (Å²) in [5.41, 5.74) is -2.43. The Hall–Kier alpha value is -1.69. The SMILES string of the molecule is Fc1cc(F)c(C(Cl)c2ccccc2C(F)(F)F)c(F)c1. The van der Waals surface area contributed by atoms with Crippen molar-refractivity contribution in [3.63, 3.8) is 0 Å². The largest absolute Gasteiger partial charge is 0.416 e. The van der Waals surface area contributed by atoms with Crippen LogP contribution >= 0.6 is 11.6 Å². The van der Waals surface area contributed by atoms with E-state index < -0.39 is 45.7 Å². The standard InChI is InChI=1S/C14H7ClF6/c15-13(12-10(17)5-7(16)6-11(12)18)8-3-1-2-4-9(8)14(19,20)21/h1-6,13H. The molecule has 0 bridgehead atoms. The Morgan fingerprint density at radius 1 is 0.905 bits per heavy atom. The number of rotatable bonds is 2. The normalized spacial score (nSPS) is 13.3. The average Bonchev–Trinajstić information content (AvgIpc) is 2.36. The number of halogens is 7. The van der Waals surface area contributed by atoms with Gasteiger partial charge in [0.1, 0.15) is 17.5 Å². The van der Waals surface area contributed by atoms with Crippen LogP contribution in [0.3, 0.4) is 0 Å². The molecular weight excluding hydrogens is 318 g/mol. The molecule has 2 rings (SSSR count). The predicted octanol–water partition coefficient (Wildman–Crippen LogP) is 5.45. The zero-order valence-corrected chi connectivity index (χ0v) is 10.9. The second kappa shape index (κ2) is 5.60. The number of benzene rings is 2. The Labute approximate surface area is 121 Å². The van der Waals surface area contributed by atoms with Gasteiger partial charge in [-0.15, -0.1) is 11.6 Å². The van der Waals surface area contributed by atoms with Gasteiger partial charge in [0.15, 0.2) is 0 Å². The highest BCUT2D eigenvalue weighted by molar-refractivity contribution is 6.22. The molecular formula is C14H7ClF6. The molecule has 0 aliphatic rings. The minimum atomic E-state index is -4.73. The van der Waals surface area contributed by atoms with Crippen LogP contribution in [0, 0.1) is 17.5 Å². The molecule has 7 heteroatoms. The van der Waals surface area contributed by atoms with E-state index in [1.165, 1.54) is 6.07 Å². The lowest BCUT2D eigenvalue weighted by atomic mass is 9.98. The molecule has 1 unspecified atom stereocenters. The third-order valence-electron chi connectivity index (χ3n) is 2.84. The lowest BCUT2D eigenvalue weighted by Crippen LogP contribution is -2.12. The van der Waals surface area contributed by atoms with Gasteiger partial charge in [0.05, 0.1) is 10.9 Å². The first kappa shape index (κ1) is 15.7. The summed E-state index contributed by atoms with van der Waals surface area (Å²) in [7, 11) is 0. The molecule has 2 aromatic carbocycles. The van der Waals surface area contributed by atoms with Gasteiger partial charge >= 0.3 is 6.18 Å². The highest BCUT2D eigenvalue weighted by Gasteiger charge is 2.36. The fourth-order valence-electron chi connectivity index (χ4n) is 1.93. The van der Waals surface area contributed by atoms with Crippen LogP contribution in [0.25, 0.3) is 0 Å². The zero-order valence-electron chi connectivity index (χ0n) is 10.2. The van der Waals surface area contributed by atoms with Gasteiger partial charge in [0.25, 0.3) is 0 Å². The first-order valence-electron chi connectivity index (χ1n) is 5.66. The summed E-state index contributed by atoms with van der Waals surface area (Å²) in [5.74, 6) is -3.87. The minimum absolute atomic E-state index is 0.365. The molecule has 0 nitrogen and oxygen atoms in total. The molecule has 0 aromatic heterocycles. The fraction of sp³-hybridized carbons (Fsp3) is 0.143. The molecule has 0 fully saturated rings. The van der Waals surface area contributed by atoms with Gasteiger partial charge in [-0.25, -0.2) is 13.2 Å². The van der Waals surface area contributed by atoms with E-state index in [2.05, 4.69) is 0 Å². The molecule has 0 aliphatic carbocycles. The molecule has 0 saturated heterocycles. The van der Waals surface area contributed by atoms with Crippen LogP contribution in [0.15, 0.2) is 36.4 Å². The maximum atomic E-state index is 13.6. The molecule has 0 heterocycles. The molecule has 0 aliphatic heterocycles. The van der Waals surface area contributed by atoms with E-state index in [4.69, 9.17) is 11.6 Å². The second-order valence-electron chi connectivity index (χ2n) is 4.23. The molecule has 1 atom stereocenters. The van der Waals surface area contributed by atoms with Crippen molar-refractivity contribution in [2.24, 2.45) is 0 Å². The summed E-state index contributed by atoms with van der Waals surface area (Å²) < 4.78 is 78.8. The molecule has 2 aromatic rings. The van der Waals surface area contributed by atoms with Crippen LogP contribution in [-0.2, 0) is 6.18 Å². The van der Waals surface area contributed by atoms with Crippen molar-refractivity contribution >= 4 is 11.6 Å². The summed E-state index contributed by atoms with van der Waals surface area (Å²) in [4.78, 5) is 0. The van der Waals surface area contributed by atoms with E-state index in [1.807, 2.05) is 0 Å². The van der Waals surface area contributed by atoms with Crippen molar-refractivity contribution in [1.82, 2.24) is 0 Å². The molecule has 21 heavy (non-hydrogen) atoms. The average molecular weight is 325 g/mol. The minimum Gasteiger partial charge on any atom is -0.207 e. The Morgan fingerprint density at radius 2 is 1.43 bits per heavy atom. The predicted molar refractivity (Wildman–Crippen MR) is 65.5 cm³/mol. The Balaban J connectivity index is 2.59. The molecule has 0 radical (unpaired) electrons. The van der Waals surface area contributed by atoms with Gasteiger partial charge in [-0.2, -0.15) is 13.2 Å². The van der Waals surface area contributed by atoms with E-state index in [1.54, 1.807) is 0 Å². The van der Waals surface area contributed by atoms with Crippen LogP contribution in [0.4, 0.5) is 26.3 Å². The fourth-order valence-corrected chi connectivity index (χ4v) is 2.33. The Morgan fingerprint density at radius 3 is 1.95 bits per heavy atom. The van der Waals surface area contributed by atoms with Gasteiger partial charge in [0.2, 0.25) is 0 Å². The quantitative estimate of drug-likeness (QED) is 0.509. The second-order valence-corrected chi connectivity index (χ2v) is 4.67. The van der Waals surface area contributed by atoms with Crippen LogP contribution in [0.5, 0.6) is 0 Å². The molecule has 0 spiro atoms. The lowest BCUT2D eigenvalue weighted by Gasteiger charge is -2.18. The van der Waals surface area contributed by atoms with Crippen LogP contribution < -0.4 is 0 Å². The van der Waals surface area contributed by atoms with E-state index in [0.717, 1.165) is 18.2 Å². The first-order valence-corrected chi connectivity index (χ1v) is 6.10. The van der Waals surface area contributed by atoms with Crippen LogP contribution in [0.2, 0.25) is 0 Å². The smallest absolute Gasteiger partial charge is 0.207 e. The van der Waals surface area contributed by atoms with Gasteiger partial charge < -0.3 is 0 Å². The van der Waals surface area contributed by atoms with E-state index in [-0.39, 0.29) is 0 Å². The molecule has 0 saturated carbocycles. The van der Waals surface area contributed by atoms with Gasteiger partial charge in [-0.3, -0.25) is 0 Å². The third kappa shape index (κ3) is 3.15. The van der Waals surface area contributed by atoms with Gasteiger partial charge in [0, 0.05) is 17.7 Å². The van der Waals surface area contributed by atoms with Gasteiger partial charge in [-0.1, -0.05) is 18.2 Å². The van der Waals surface area contributed by atoms with E-state index in [0.29, 0.717) is 12.1 Å². The van der Waals surface area contributed by atoms with Crippen LogP contribution in [0.1, 0.15) is 22.1 Å². The maximum Gasteiger partial charge on any atom is 0.416 e. The zero-order chi connectivity index (χ0) is 15.8. The van der Waals surface area contributed by atoms with Crippen molar-refractivity contribution < 1.29 is 26.3 Å². The summed E-state index contributed by atoms with van der Waals surface area (Å²) in [6.45, 7) is 0. The van der Waals surface area contributed by atoms with Crippen molar-refractivity contribution in [2.45, 2.75) is 11.6 Å². The molecule has 112 valence electrons.